The van der Waals surface area contributed by atoms with Crippen LogP contribution in [0.25, 0.3) is 0 Å². The van der Waals surface area contributed by atoms with Crippen LogP contribution in [0.15, 0.2) is 42.9 Å². The molecule has 0 spiro atoms. The molecule has 1 atom stereocenters. The summed E-state index contributed by atoms with van der Waals surface area (Å²) in [6, 6.07) is 9.93. The average Bonchev–Trinajstić information content (AvgIpc) is 2.92. The molecule has 0 saturated heterocycles. The second-order valence-electron chi connectivity index (χ2n) is 5.37. The van der Waals surface area contributed by atoms with Gasteiger partial charge in [0.05, 0.1) is 30.9 Å². The van der Waals surface area contributed by atoms with Gasteiger partial charge < -0.3 is 15.0 Å². The Morgan fingerprint density at radius 3 is 2.70 bits per heavy atom. The van der Waals surface area contributed by atoms with Crippen LogP contribution in [-0.2, 0) is 11.3 Å². The Kier molecular flexibility index (Phi) is 5.32. The maximum Gasteiger partial charge on any atom is 0.0949 e. The summed E-state index contributed by atoms with van der Waals surface area (Å²) in [7, 11) is 0. The highest BCUT2D eigenvalue weighted by Crippen LogP contribution is 2.18. The zero-order chi connectivity index (χ0) is 14.4. The molecule has 2 aromatic rings. The van der Waals surface area contributed by atoms with Crippen LogP contribution in [0.3, 0.4) is 0 Å². The van der Waals surface area contributed by atoms with E-state index in [0.717, 1.165) is 24.4 Å². The monoisotopic (exact) mass is 273 g/mol. The summed E-state index contributed by atoms with van der Waals surface area (Å²) in [4.78, 5) is 4.21. The van der Waals surface area contributed by atoms with Crippen LogP contribution < -0.4 is 5.73 Å². The van der Waals surface area contributed by atoms with E-state index in [4.69, 9.17) is 10.5 Å². The second kappa shape index (κ2) is 7.22. The maximum absolute atomic E-state index is 6.31. The van der Waals surface area contributed by atoms with Crippen LogP contribution in [-0.4, -0.2) is 22.8 Å². The summed E-state index contributed by atoms with van der Waals surface area (Å²) < 4.78 is 7.69. The molecular formula is C16H23N3O. The molecule has 1 aromatic carbocycles. The molecule has 2 rings (SSSR count). The molecule has 1 heterocycles. The topological polar surface area (TPSA) is 53.1 Å². The molecule has 0 fully saturated rings. The quantitative estimate of drug-likeness (QED) is 0.789. The number of hydrogen-bond donors (Lipinski definition) is 1. The van der Waals surface area contributed by atoms with Gasteiger partial charge in [-0.1, -0.05) is 44.2 Å². The summed E-state index contributed by atoms with van der Waals surface area (Å²) in [5.74, 6) is 0.559. The van der Waals surface area contributed by atoms with Crippen LogP contribution in [0.2, 0.25) is 0 Å². The van der Waals surface area contributed by atoms with Crippen molar-refractivity contribution in [2.45, 2.75) is 26.4 Å². The fourth-order valence-electron chi connectivity index (χ4n) is 2.09. The Labute approximate surface area is 120 Å². The molecular weight excluding hydrogens is 250 g/mol. The van der Waals surface area contributed by atoms with Crippen molar-refractivity contribution >= 4 is 0 Å². The van der Waals surface area contributed by atoms with E-state index in [9.17, 15) is 0 Å². The lowest BCUT2D eigenvalue weighted by atomic mass is 10.1. The first-order valence-electron chi connectivity index (χ1n) is 7.06. The number of ether oxygens (including phenoxy) is 1. The highest BCUT2D eigenvalue weighted by molar-refractivity contribution is 5.26. The van der Waals surface area contributed by atoms with Gasteiger partial charge in [0.25, 0.3) is 0 Å². The SMILES string of the molecule is CC(C)COCCn1cncc1C(N)c1ccccc1. The molecule has 108 valence electrons. The molecule has 0 bridgehead atoms. The minimum Gasteiger partial charge on any atom is -0.379 e. The maximum atomic E-state index is 6.31. The number of benzene rings is 1. The first-order valence-corrected chi connectivity index (χ1v) is 7.06. The van der Waals surface area contributed by atoms with Gasteiger partial charge in [0.1, 0.15) is 0 Å². The molecule has 0 amide bonds. The zero-order valence-corrected chi connectivity index (χ0v) is 12.2. The van der Waals surface area contributed by atoms with Crippen molar-refractivity contribution in [1.29, 1.82) is 0 Å². The Hall–Kier alpha value is -1.65. The van der Waals surface area contributed by atoms with Crippen LogP contribution in [0.5, 0.6) is 0 Å². The molecule has 4 nitrogen and oxygen atoms in total. The van der Waals surface area contributed by atoms with Crippen LogP contribution >= 0.6 is 0 Å². The van der Waals surface area contributed by atoms with Gasteiger partial charge in [-0.3, -0.25) is 0 Å². The molecule has 0 aliphatic heterocycles. The van der Waals surface area contributed by atoms with Crippen molar-refractivity contribution < 1.29 is 4.74 Å². The largest absolute Gasteiger partial charge is 0.379 e. The second-order valence-corrected chi connectivity index (χ2v) is 5.37. The summed E-state index contributed by atoms with van der Waals surface area (Å²) in [6.45, 7) is 6.54. The van der Waals surface area contributed by atoms with E-state index in [1.54, 1.807) is 0 Å². The predicted octanol–water partition coefficient (Wildman–Crippen LogP) is 2.60. The molecule has 1 unspecified atom stereocenters. The van der Waals surface area contributed by atoms with E-state index in [2.05, 4.69) is 23.4 Å². The molecule has 0 radical (unpaired) electrons. The van der Waals surface area contributed by atoms with Gasteiger partial charge >= 0.3 is 0 Å². The summed E-state index contributed by atoms with van der Waals surface area (Å²) in [5, 5.41) is 0. The number of nitrogens with zero attached hydrogens (tertiary/aromatic N) is 2. The van der Waals surface area contributed by atoms with Crippen molar-refractivity contribution in [2.75, 3.05) is 13.2 Å². The first kappa shape index (κ1) is 14.8. The lowest BCUT2D eigenvalue weighted by Crippen LogP contribution is -2.18. The molecule has 4 heteroatoms. The Morgan fingerprint density at radius 2 is 2.00 bits per heavy atom. The van der Waals surface area contributed by atoms with Gasteiger partial charge in [0, 0.05) is 13.2 Å². The first-order chi connectivity index (χ1) is 9.68. The number of aromatic nitrogens is 2. The predicted molar refractivity (Wildman–Crippen MR) is 80.4 cm³/mol. The number of rotatable bonds is 7. The Morgan fingerprint density at radius 1 is 1.25 bits per heavy atom. The molecule has 1 aromatic heterocycles. The van der Waals surface area contributed by atoms with E-state index in [0.29, 0.717) is 12.5 Å². The van der Waals surface area contributed by atoms with Gasteiger partial charge in [0.2, 0.25) is 0 Å². The van der Waals surface area contributed by atoms with E-state index < -0.39 is 0 Å². The molecule has 0 aliphatic rings. The van der Waals surface area contributed by atoms with Gasteiger partial charge in [-0.15, -0.1) is 0 Å². The molecule has 0 aliphatic carbocycles. The minimum absolute atomic E-state index is 0.149. The smallest absolute Gasteiger partial charge is 0.0949 e. The number of nitrogens with two attached hydrogens (primary N) is 1. The van der Waals surface area contributed by atoms with Crippen molar-refractivity contribution in [1.82, 2.24) is 9.55 Å². The third kappa shape index (κ3) is 3.92. The van der Waals surface area contributed by atoms with E-state index >= 15 is 0 Å². The van der Waals surface area contributed by atoms with Crippen molar-refractivity contribution in [3.63, 3.8) is 0 Å². The average molecular weight is 273 g/mol. The summed E-state index contributed by atoms with van der Waals surface area (Å²) in [6.07, 6.45) is 3.65. The lowest BCUT2D eigenvalue weighted by Gasteiger charge is -2.15. The van der Waals surface area contributed by atoms with E-state index in [1.807, 2.05) is 42.9 Å². The third-order valence-corrected chi connectivity index (χ3v) is 3.15. The van der Waals surface area contributed by atoms with E-state index in [1.165, 1.54) is 0 Å². The normalized spacial score (nSPS) is 12.8. The third-order valence-electron chi connectivity index (χ3n) is 3.15. The highest BCUT2D eigenvalue weighted by atomic mass is 16.5. The summed E-state index contributed by atoms with van der Waals surface area (Å²) in [5.41, 5.74) is 8.43. The van der Waals surface area contributed by atoms with Gasteiger partial charge in [-0.25, -0.2) is 4.98 Å². The number of imidazole rings is 1. The molecule has 2 N–H and O–H groups in total. The van der Waals surface area contributed by atoms with Crippen molar-refractivity contribution in [3.05, 3.63) is 54.1 Å². The number of hydrogen-bond acceptors (Lipinski definition) is 3. The van der Waals surface area contributed by atoms with Crippen LogP contribution in [0, 0.1) is 5.92 Å². The van der Waals surface area contributed by atoms with E-state index in [-0.39, 0.29) is 6.04 Å². The van der Waals surface area contributed by atoms with Gasteiger partial charge in [0.15, 0.2) is 0 Å². The van der Waals surface area contributed by atoms with Crippen LogP contribution in [0.4, 0.5) is 0 Å². The minimum atomic E-state index is -0.149. The van der Waals surface area contributed by atoms with Gasteiger partial charge in [-0.05, 0) is 11.5 Å². The van der Waals surface area contributed by atoms with Crippen molar-refractivity contribution in [2.24, 2.45) is 11.7 Å². The summed E-state index contributed by atoms with van der Waals surface area (Å²) >= 11 is 0. The zero-order valence-electron chi connectivity index (χ0n) is 12.2. The van der Waals surface area contributed by atoms with Crippen molar-refractivity contribution in [3.8, 4) is 0 Å². The lowest BCUT2D eigenvalue weighted by molar-refractivity contribution is 0.102. The fraction of sp³-hybridized carbons (Fsp3) is 0.438. The molecule has 20 heavy (non-hydrogen) atoms. The highest BCUT2D eigenvalue weighted by Gasteiger charge is 2.13. The Bertz CT molecular complexity index is 507. The van der Waals surface area contributed by atoms with Gasteiger partial charge in [-0.2, -0.15) is 0 Å². The van der Waals surface area contributed by atoms with Crippen LogP contribution in [0.1, 0.15) is 31.1 Å². The fourth-order valence-corrected chi connectivity index (χ4v) is 2.09. The Balaban J connectivity index is 1.98. The molecule has 0 saturated carbocycles. The standard InChI is InChI=1S/C16H23N3O/c1-13(2)11-20-9-8-19-12-18-10-15(19)16(17)14-6-4-3-5-7-14/h3-7,10,12-13,16H,8-9,11,17H2,1-2H3.